The van der Waals surface area contributed by atoms with Gasteiger partial charge in [0.15, 0.2) is 0 Å². The van der Waals surface area contributed by atoms with Crippen LogP contribution in [0.25, 0.3) is 0 Å². The Bertz CT molecular complexity index is 216. The first-order valence-corrected chi connectivity index (χ1v) is 6.66. The Morgan fingerprint density at radius 3 is 2.88 bits per heavy atom. The Morgan fingerprint density at radius 1 is 1.50 bits per heavy atom. The summed E-state index contributed by atoms with van der Waals surface area (Å²) in [6.07, 6.45) is 4.51. The van der Waals surface area contributed by atoms with Gasteiger partial charge in [0.2, 0.25) is 5.91 Å². The topological polar surface area (TPSA) is 41.1 Å². The molecular weight excluding hydrogens is 200 g/mol. The molecule has 2 N–H and O–H groups in total. The van der Waals surface area contributed by atoms with Crippen molar-refractivity contribution >= 4 is 5.91 Å². The van der Waals surface area contributed by atoms with E-state index < -0.39 is 0 Å². The van der Waals surface area contributed by atoms with Gasteiger partial charge in [0.25, 0.3) is 0 Å². The summed E-state index contributed by atoms with van der Waals surface area (Å²) in [5, 5.41) is 6.34. The lowest BCUT2D eigenvalue weighted by atomic mass is 9.97. The Hall–Kier alpha value is -0.570. The fraction of sp³-hybridized carbons (Fsp3) is 0.923. The summed E-state index contributed by atoms with van der Waals surface area (Å²) in [6, 6.07) is 0.0593. The first kappa shape index (κ1) is 13.5. The zero-order valence-electron chi connectivity index (χ0n) is 10.9. The molecule has 3 heteroatoms. The van der Waals surface area contributed by atoms with Gasteiger partial charge in [-0.25, -0.2) is 0 Å². The maximum atomic E-state index is 11.9. The van der Waals surface area contributed by atoms with Crippen LogP contribution < -0.4 is 10.6 Å². The second-order valence-corrected chi connectivity index (χ2v) is 5.22. The molecule has 1 aliphatic heterocycles. The summed E-state index contributed by atoms with van der Waals surface area (Å²) in [6.45, 7) is 8.41. The van der Waals surface area contributed by atoms with Gasteiger partial charge in [-0.1, -0.05) is 27.2 Å². The molecule has 0 aromatic heterocycles. The minimum absolute atomic E-state index is 0.0593. The number of hydrogen-bond acceptors (Lipinski definition) is 2. The zero-order valence-corrected chi connectivity index (χ0v) is 10.9. The van der Waals surface area contributed by atoms with E-state index in [1.165, 1.54) is 6.42 Å². The summed E-state index contributed by atoms with van der Waals surface area (Å²) in [5.74, 6) is 1.46. The highest BCUT2D eigenvalue weighted by molar-refractivity contribution is 5.82. The number of carbonyl (C=O) groups excluding carboxylic acids is 1. The van der Waals surface area contributed by atoms with Crippen molar-refractivity contribution in [1.29, 1.82) is 0 Å². The highest BCUT2D eigenvalue weighted by atomic mass is 16.2. The Labute approximate surface area is 99.4 Å². The third-order valence-corrected chi connectivity index (χ3v) is 3.42. The molecule has 0 spiro atoms. The molecule has 0 aromatic rings. The number of nitrogens with one attached hydrogen (secondary N) is 2. The molecule has 0 aromatic carbocycles. The first-order chi connectivity index (χ1) is 7.65. The predicted molar refractivity (Wildman–Crippen MR) is 67.3 cm³/mol. The summed E-state index contributed by atoms with van der Waals surface area (Å²) >= 11 is 0. The second-order valence-electron chi connectivity index (χ2n) is 5.22. The molecule has 1 fully saturated rings. The molecule has 1 aliphatic rings. The highest BCUT2D eigenvalue weighted by Crippen LogP contribution is 2.18. The van der Waals surface area contributed by atoms with E-state index in [4.69, 9.17) is 0 Å². The molecule has 1 heterocycles. The molecule has 3 nitrogen and oxygen atoms in total. The molecule has 2 atom stereocenters. The third kappa shape index (κ3) is 4.12. The fourth-order valence-electron chi connectivity index (χ4n) is 2.34. The van der Waals surface area contributed by atoms with Crippen molar-refractivity contribution in [3.63, 3.8) is 0 Å². The normalized spacial score (nSPS) is 25.0. The van der Waals surface area contributed by atoms with Crippen molar-refractivity contribution in [2.24, 2.45) is 11.8 Å². The smallest absolute Gasteiger partial charge is 0.237 e. The fourth-order valence-corrected chi connectivity index (χ4v) is 2.34. The molecular formula is C13H26N2O. The lowest BCUT2D eigenvalue weighted by Gasteiger charge is -2.17. The van der Waals surface area contributed by atoms with E-state index in [1.807, 2.05) is 0 Å². The van der Waals surface area contributed by atoms with E-state index in [0.717, 1.165) is 38.3 Å². The van der Waals surface area contributed by atoms with Crippen molar-refractivity contribution in [3.8, 4) is 0 Å². The largest absolute Gasteiger partial charge is 0.355 e. The monoisotopic (exact) mass is 226 g/mol. The zero-order chi connectivity index (χ0) is 12.0. The van der Waals surface area contributed by atoms with Gasteiger partial charge in [0, 0.05) is 6.54 Å². The molecule has 0 radical (unpaired) electrons. The third-order valence-electron chi connectivity index (χ3n) is 3.42. The van der Waals surface area contributed by atoms with Crippen molar-refractivity contribution < 1.29 is 4.79 Å². The van der Waals surface area contributed by atoms with E-state index in [2.05, 4.69) is 31.4 Å². The number of hydrogen-bond donors (Lipinski definition) is 2. The highest BCUT2D eigenvalue weighted by Gasteiger charge is 2.30. The first-order valence-electron chi connectivity index (χ1n) is 6.66. The predicted octanol–water partition coefficient (Wildman–Crippen LogP) is 1.93. The van der Waals surface area contributed by atoms with Gasteiger partial charge in [-0.3, -0.25) is 4.79 Å². The second kappa shape index (κ2) is 6.89. The van der Waals surface area contributed by atoms with Gasteiger partial charge in [-0.15, -0.1) is 0 Å². The van der Waals surface area contributed by atoms with Crippen LogP contribution in [0, 0.1) is 11.8 Å². The van der Waals surface area contributed by atoms with E-state index in [-0.39, 0.29) is 11.9 Å². The van der Waals surface area contributed by atoms with Crippen LogP contribution in [-0.4, -0.2) is 25.0 Å². The van der Waals surface area contributed by atoms with Gasteiger partial charge in [-0.2, -0.15) is 0 Å². The number of carbonyl (C=O) groups is 1. The molecule has 1 saturated heterocycles. The standard InChI is InChI=1S/C13H26N2O/c1-4-11-7-9-14-12(11)13(16)15-8-5-6-10(2)3/h10-12,14H,4-9H2,1-3H3,(H,15,16)/t11-,12-/m0/s1. The summed E-state index contributed by atoms with van der Waals surface area (Å²) in [5.41, 5.74) is 0. The average molecular weight is 226 g/mol. The van der Waals surface area contributed by atoms with Gasteiger partial charge in [0.05, 0.1) is 6.04 Å². The summed E-state index contributed by atoms with van der Waals surface area (Å²) in [7, 11) is 0. The summed E-state index contributed by atoms with van der Waals surface area (Å²) < 4.78 is 0. The molecule has 0 unspecified atom stereocenters. The Kier molecular flexibility index (Phi) is 5.81. The van der Waals surface area contributed by atoms with Crippen LogP contribution in [0.1, 0.15) is 46.5 Å². The van der Waals surface area contributed by atoms with Crippen LogP contribution in [0.4, 0.5) is 0 Å². The van der Waals surface area contributed by atoms with Gasteiger partial charge < -0.3 is 10.6 Å². The van der Waals surface area contributed by atoms with Crippen molar-refractivity contribution in [2.45, 2.75) is 52.5 Å². The molecule has 1 amide bonds. The lowest BCUT2D eigenvalue weighted by Crippen LogP contribution is -2.44. The van der Waals surface area contributed by atoms with E-state index in [1.54, 1.807) is 0 Å². The van der Waals surface area contributed by atoms with Crippen LogP contribution in [0.2, 0.25) is 0 Å². The quantitative estimate of drug-likeness (QED) is 0.679. The van der Waals surface area contributed by atoms with Gasteiger partial charge in [-0.05, 0) is 37.6 Å². The Morgan fingerprint density at radius 2 is 2.25 bits per heavy atom. The maximum Gasteiger partial charge on any atom is 0.237 e. The van der Waals surface area contributed by atoms with Crippen LogP contribution in [0.3, 0.4) is 0 Å². The van der Waals surface area contributed by atoms with E-state index >= 15 is 0 Å². The van der Waals surface area contributed by atoms with Crippen LogP contribution in [0.5, 0.6) is 0 Å². The van der Waals surface area contributed by atoms with E-state index in [0.29, 0.717) is 5.92 Å². The SMILES string of the molecule is CC[C@H]1CCN[C@@H]1C(=O)NCCCC(C)C. The number of amides is 1. The average Bonchev–Trinajstić information content (AvgIpc) is 2.71. The van der Waals surface area contributed by atoms with Gasteiger partial charge in [0.1, 0.15) is 0 Å². The molecule has 0 saturated carbocycles. The maximum absolute atomic E-state index is 11.9. The van der Waals surface area contributed by atoms with Crippen LogP contribution in [0.15, 0.2) is 0 Å². The lowest BCUT2D eigenvalue weighted by molar-refractivity contribution is -0.123. The molecule has 0 aliphatic carbocycles. The Balaban J connectivity index is 2.19. The van der Waals surface area contributed by atoms with Crippen molar-refractivity contribution in [2.75, 3.05) is 13.1 Å². The minimum Gasteiger partial charge on any atom is -0.355 e. The van der Waals surface area contributed by atoms with Crippen molar-refractivity contribution in [1.82, 2.24) is 10.6 Å². The molecule has 0 bridgehead atoms. The van der Waals surface area contributed by atoms with E-state index in [9.17, 15) is 4.79 Å². The molecule has 1 rings (SSSR count). The van der Waals surface area contributed by atoms with Crippen LogP contribution in [-0.2, 0) is 4.79 Å². The number of rotatable bonds is 6. The minimum atomic E-state index is 0.0593. The van der Waals surface area contributed by atoms with Gasteiger partial charge >= 0.3 is 0 Å². The van der Waals surface area contributed by atoms with Crippen LogP contribution >= 0.6 is 0 Å². The summed E-state index contributed by atoms with van der Waals surface area (Å²) in [4.78, 5) is 11.9. The van der Waals surface area contributed by atoms with Crippen molar-refractivity contribution in [3.05, 3.63) is 0 Å². The molecule has 94 valence electrons. The molecule has 16 heavy (non-hydrogen) atoms.